The quantitative estimate of drug-likeness (QED) is 0.755. The molecular formula is C16H21N5. The van der Waals surface area contributed by atoms with Crippen molar-refractivity contribution in [3.8, 4) is 0 Å². The van der Waals surface area contributed by atoms with Crippen LogP contribution < -0.4 is 5.32 Å². The molecule has 1 N–H and O–H groups in total. The van der Waals surface area contributed by atoms with Gasteiger partial charge in [0.2, 0.25) is 0 Å². The first-order valence-corrected chi connectivity index (χ1v) is 7.36. The molecule has 0 amide bonds. The maximum atomic E-state index is 4.49. The predicted molar refractivity (Wildman–Crippen MR) is 83.1 cm³/mol. The summed E-state index contributed by atoms with van der Waals surface area (Å²) in [6.45, 7) is 6.06. The first kappa shape index (κ1) is 13.8. The predicted octanol–water partition coefficient (Wildman–Crippen LogP) is 2.41. The van der Waals surface area contributed by atoms with E-state index in [9.17, 15) is 0 Å². The van der Waals surface area contributed by atoms with Crippen molar-refractivity contribution in [2.45, 2.75) is 39.4 Å². The van der Waals surface area contributed by atoms with E-state index in [0.29, 0.717) is 6.04 Å². The fraction of sp³-hybridized carbons (Fsp3) is 0.375. The average molecular weight is 283 g/mol. The van der Waals surface area contributed by atoms with Crippen molar-refractivity contribution < 1.29 is 0 Å². The summed E-state index contributed by atoms with van der Waals surface area (Å²) in [6.07, 6.45) is 8.90. The van der Waals surface area contributed by atoms with Crippen LogP contribution in [0.3, 0.4) is 0 Å². The Morgan fingerprint density at radius 2 is 2.19 bits per heavy atom. The standard InChI is InChI=1S/C16H21N5/c1-13-5-3-9-21-15(12-18-16(13)21)11-17-14(2)6-10-20-8-4-7-19-20/h3-5,7-9,12,14,17H,6,10-11H2,1-2H3/t14-/m0/s1. The lowest BCUT2D eigenvalue weighted by Crippen LogP contribution is -2.27. The molecule has 0 aliphatic carbocycles. The Hall–Kier alpha value is -2.14. The van der Waals surface area contributed by atoms with Crippen molar-refractivity contribution in [2.24, 2.45) is 0 Å². The van der Waals surface area contributed by atoms with Crippen LogP contribution in [0.15, 0.2) is 43.0 Å². The zero-order chi connectivity index (χ0) is 14.7. The smallest absolute Gasteiger partial charge is 0.139 e. The van der Waals surface area contributed by atoms with Crippen LogP contribution in [0.25, 0.3) is 5.65 Å². The Morgan fingerprint density at radius 1 is 1.29 bits per heavy atom. The van der Waals surface area contributed by atoms with Crippen LogP contribution in [0, 0.1) is 6.92 Å². The summed E-state index contributed by atoms with van der Waals surface area (Å²) in [5, 5.41) is 7.78. The largest absolute Gasteiger partial charge is 0.309 e. The van der Waals surface area contributed by atoms with Crippen molar-refractivity contribution >= 4 is 5.65 Å². The lowest BCUT2D eigenvalue weighted by molar-refractivity contribution is 0.455. The SMILES string of the molecule is Cc1cccn2c(CN[C@@H](C)CCn3cccn3)cnc12. The highest BCUT2D eigenvalue weighted by Gasteiger charge is 2.07. The summed E-state index contributed by atoms with van der Waals surface area (Å²) in [5.41, 5.74) is 3.44. The van der Waals surface area contributed by atoms with Crippen LogP contribution in [0.5, 0.6) is 0 Å². The number of aromatic nitrogens is 4. The van der Waals surface area contributed by atoms with Gasteiger partial charge >= 0.3 is 0 Å². The van der Waals surface area contributed by atoms with Crippen molar-refractivity contribution in [1.29, 1.82) is 0 Å². The molecule has 0 aliphatic rings. The van der Waals surface area contributed by atoms with Crippen LogP contribution in [0.1, 0.15) is 24.6 Å². The maximum absolute atomic E-state index is 4.49. The van der Waals surface area contributed by atoms with Crippen molar-refractivity contribution in [2.75, 3.05) is 0 Å². The normalized spacial score (nSPS) is 12.9. The summed E-state index contributed by atoms with van der Waals surface area (Å²) in [4.78, 5) is 4.49. The molecule has 0 radical (unpaired) electrons. The zero-order valence-corrected chi connectivity index (χ0v) is 12.5. The molecule has 5 heteroatoms. The van der Waals surface area contributed by atoms with Crippen LogP contribution in [0.4, 0.5) is 0 Å². The van der Waals surface area contributed by atoms with Gasteiger partial charge in [-0.15, -0.1) is 0 Å². The van der Waals surface area contributed by atoms with Gasteiger partial charge in [-0.05, 0) is 38.0 Å². The van der Waals surface area contributed by atoms with E-state index in [4.69, 9.17) is 0 Å². The van der Waals surface area contributed by atoms with Gasteiger partial charge in [0.15, 0.2) is 0 Å². The lowest BCUT2D eigenvalue weighted by Gasteiger charge is -2.13. The molecule has 21 heavy (non-hydrogen) atoms. The van der Waals surface area contributed by atoms with Gasteiger partial charge in [0.05, 0.1) is 11.9 Å². The topological polar surface area (TPSA) is 47.1 Å². The lowest BCUT2D eigenvalue weighted by atomic mass is 10.2. The maximum Gasteiger partial charge on any atom is 0.139 e. The van der Waals surface area contributed by atoms with Crippen LogP contribution in [-0.2, 0) is 13.1 Å². The molecule has 0 unspecified atom stereocenters. The van der Waals surface area contributed by atoms with Gasteiger partial charge in [-0.3, -0.25) is 4.68 Å². The number of hydrogen-bond acceptors (Lipinski definition) is 3. The summed E-state index contributed by atoms with van der Waals surface area (Å²) < 4.78 is 4.12. The summed E-state index contributed by atoms with van der Waals surface area (Å²) in [5.74, 6) is 0. The zero-order valence-electron chi connectivity index (χ0n) is 12.5. The number of nitrogens with zero attached hydrogens (tertiary/aromatic N) is 4. The first-order valence-electron chi connectivity index (χ1n) is 7.36. The second-order valence-electron chi connectivity index (χ2n) is 5.47. The molecule has 0 saturated heterocycles. The van der Waals surface area contributed by atoms with Gasteiger partial charge in [-0.25, -0.2) is 4.98 Å². The van der Waals surface area contributed by atoms with Gasteiger partial charge < -0.3 is 9.72 Å². The number of imidazole rings is 1. The number of aryl methyl sites for hydroxylation is 2. The third kappa shape index (κ3) is 3.13. The van der Waals surface area contributed by atoms with Crippen molar-refractivity contribution in [3.05, 3.63) is 54.2 Å². The van der Waals surface area contributed by atoms with Crippen LogP contribution >= 0.6 is 0 Å². The Balaban J connectivity index is 1.57. The number of fused-ring (bicyclic) bond motifs is 1. The molecule has 3 aromatic heterocycles. The van der Waals surface area contributed by atoms with E-state index in [1.807, 2.05) is 29.3 Å². The first-order chi connectivity index (χ1) is 10.2. The number of nitrogens with one attached hydrogen (secondary N) is 1. The minimum absolute atomic E-state index is 0.435. The van der Waals surface area contributed by atoms with Gasteiger partial charge in [-0.1, -0.05) is 6.07 Å². The molecular weight excluding hydrogens is 262 g/mol. The third-order valence-electron chi connectivity index (χ3n) is 3.79. The van der Waals surface area contributed by atoms with Crippen molar-refractivity contribution in [3.63, 3.8) is 0 Å². The molecule has 3 heterocycles. The Bertz CT molecular complexity index is 699. The minimum atomic E-state index is 0.435. The van der Waals surface area contributed by atoms with Crippen LogP contribution in [0.2, 0.25) is 0 Å². The van der Waals surface area contributed by atoms with Crippen LogP contribution in [-0.4, -0.2) is 25.2 Å². The fourth-order valence-electron chi connectivity index (χ4n) is 2.47. The van der Waals surface area contributed by atoms with E-state index >= 15 is 0 Å². The van der Waals surface area contributed by atoms with E-state index in [-0.39, 0.29) is 0 Å². The monoisotopic (exact) mass is 283 g/mol. The highest BCUT2D eigenvalue weighted by molar-refractivity contribution is 5.48. The summed E-state index contributed by atoms with van der Waals surface area (Å²) >= 11 is 0. The van der Waals surface area contributed by atoms with Gasteiger partial charge in [-0.2, -0.15) is 5.10 Å². The van der Waals surface area contributed by atoms with E-state index < -0.39 is 0 Å². The molecule has 0 aliphatic heterocycles. The number of rotatable bonds is 6. The molecule has 3 rings (SSSR count). The second-order valence-corrected chi connectivity index (χ2v) is 5.47. The van der Waals surface area contributed by atoms with Gasteiger partial charge in [0, 0.05) is 37.7 Å². The summed E-state index contributed by atoms with van der Waals surface area (Å²) in [7, 11) is 0. The number of hydrogen-bond donors (Lipinski definition) is 1. The minimum Gasteiger partial charge on any atom is -0.309 e. The molecule has 5 nitrogen and oxygen atoms in total. The molecule has 0 bridgehead atoms. The third-order valence-corrected chi connectivity index (χ3v) is 3.79. The second kappa shape index (κ2) is 6.10. The molecule has 3 aromatic rings. The van der Waals surface area contributed by atoms with Gasteiger partial charge in [0.1, 0.15) is 5.65 Å². The Morgan fingerprint density at radius 3 is 3.00 bits per heavy atom. The molecule has 0 aromatic carbocycles. The molecule has 0 spiro atoms. The van der Waals surface area contributed by atoms with E-state index in [1.54, 1.807) is 0 Å². The van der Waals surface area contributed by atoms with E-state index in [1.165, 1.54) is 11.3 Å². The summed E-state index contributed by atoms with van der Waals surface area (Å²) in [6, 6.07) is 6.55. The van der Waals surface area contributed by atoms with E-state index in [2.05, 4.69) is 52.0 Å². The highest BCUT2D eigenvalue weighted by atomic mass is 15.3. The molecule has 0 fully saturated rings. The van der Waals surface area contributed by atoms with E-state index in [0.717, 1.165) is 25.2 Å². The Labute approximate surface area is 124 Å². The van der Waals surface area contributed by atoms with Crippen molar-refractivity contribution in [1.82, 2.24) is 24.5 Å². The highest BCUT2D eigenvalue weighted by Crippen LogP contribution is 2.11. The fourth-order valence-corrected chi connectivity index (χ4v) is 2.47. The Kier molecular flexibility index (Phi) is 4.01. The average Bonchev–Trinajstić information content (AvgIpc) is 3.13. The molecule has 110 valence electrons. The number of pyridine rings is 1. The molecule has 0 saturated carbocycles. The van der Waals surface area contributed by atoms with Gasteiger partial charge in [0.25, 0.3) is 0 Å². The molecule has 1 atom stereocenters.